The van der Waals surface area contributed by atoms with E-state index in [2.05, 4.69) is 5.32 Å². The van der Waals surface area contributed by atoms with Gasteiger partial charge in [0, 0.05) is 6.54 Å². The van der Waals surface area contributed by atoms with Gasteiger partial charge in [0.2, 0.25) is 15.9 Å². The number of hydrogen-bond donors (Lipinski definition) is 2. The third kappa shape index (κ3) is 6.33. The van der Waals surface area contributed by atoms with Crippen molar-refractivity contribution in [2.45, 2.75) is 17.5 Å². The zero-order chi connectivity index (χ0) is 20.1. The Labute approximate surface area is 153 Å². The Morgan fingerprint density at radius 1 is 1.04 bits per heavy atom. The molecular formula is C17H16F4N2O3S. The summed E-state index contributed by atoms with van der Waals surface area (Å²) in [5.74, 6) is -1.07. The van der Waals surface area contributed by atoms with Gasteiger partial charge in [-0.05, 0) is 42.3 Å². The quantitative estimate of drug-likeness (QED) is 0.697. The van der Waals surface area contributed by atoms with Crippen LogP contribution in [0.3, 0.4) is 0 Å². The summed E-state index contributed by atoms with van der Waals surface area (Å²) < 4.78 is 77.1. The number of benzene rings is 2. The van der Waals surface area contributed by atoms with Crippen molar-refractivity contribution in [3.05, 3.63) is 65.5 Å². The van der Waals surface area contributed by atoms with Crippen molar-refractivity contribution in [3.63, 3.8) is 0 Å². The third-order valence-electron chi connectivity index (χ3n) is 3.52. The van der Waals surface area contributed by atoms with Crippen molar-refractivity contribution in [3.8, 4) is 0 Å². The molecule has 1 amide bonds. The van der Waals surface area contributed by atoms with Crippen molar-refractivity contribution < 1.29 is 30.8 Å². The molecule has 10 heteroatoms. The predicted octanol–water partition coefficient (Wildman–Crippen LogP) is 2.48. The first kappa shape index (κ1) is 20.8. The van der Waals surface area contributed by atoms with E-state index in [-0.39, 0.29) is 6.54 Å². The van der Waals surface area contributed by atoms with E-state index in [1.54, 1.807) is 6.07 Å². The van der Waals surface area contributed by atoms with Gasteiger partial charge in [-0.15, -0.1) is 0 Å². The molecule has 0 aliphatic heterocycles. The van der Waals surface area contributed by atoms with Crippen molar-refractivity contribution in [1.29, 1.82) is 0 Å². The van der Waals surface area contributed by atoms with Crippen molar-refractivity contribution >= 4 is 15.9 Å². The van der Waals surface area contributed by atoms with Crippen LogP contribution in [0.15, 0.2) is 53.4 Å². The second-order valence-electron chi connectivity index (χ2n) is 5.58. The number of carbonyl (C=O) groups is 1. The maximum Gasteiger partial charge on any atom is 0.416 e. The zero-order valence-corrected chi connectivity index (χ0v) is 14.7. The highest BCUT2D eigenvalue weighted by atomic mass is 32.2. The lowest BCUT2D eigenvalue weighted by molar-refractivity contribution is -0.137. The summed E-state index contributed by atoms with van der Waals surface area (Å²) in [5.41, 5.74) is -0.454. The first-order chi connectivity index (χ1) is 12.6. The van der Waals surface area contributed by atoms with E-state index >= 15 is 0 Å². The largest absolute Gasteiger partial charge is 0.416 e. The molecule has 2 rings (SSSR count). The molecule has 0 unspecified atom stereocenters. The Morgan fingerprint density at radius 3 is 2.41 bits per heavy atom. The molecule has 0 radical (unpaired) electrons. The van der Waals surface area contributed by atoms with Gasteiger partial charge < -0.3 is 5.32 Å². The van der Waals surface area contributed by atoms with Crippen LogP contribution in [0.25, 0.3) is 0 Å². The molecule has 0 saturated heterocycles. The predicted molar refractivity (Wildman–Crippen MR) is 89.7 cm³/mol. The van der Waals surface area contributed by atoms with Gasteiger partial charge in [-0.25, -0.2) is 17.5 Å². The molecule has 0 bridgehead atoms. The maximum absolute atomic E-state index is 13.0. The number of rotatable bonds is 7. The van der Waals surface area contributed by atoms with Crippen LogP contribution in [0.5, 0.6) is 0 Å². The smallest absolute Gasteiger partial charge is 0.355 e. The Bertz CT molecular complexity index is 914. The van der Waals surface area contributed by atoms with Crippen LogP contribution < -0.4 is 10.0 Å². The van der Waals surface area contributed by atoms with Crippen LogP contribution in [0.4, 0.5) is 17.6 Å². The van der Waals surface area contributed by atoms with Crippen LogP contribution in [0, 0.1) is 5.82 Å². The van der Waals surface area contributed by atoms with Crippen LogP contribution in [-0.4, -0.2) is 27.4 Å². The molecule has 0 fully saturated rings. The Kier molecular flexibility index (Phi) is 6.55. The van der Waals surface area contributed by atoms with Gasteiger partial charge in [0.05, 0.1) is 17.0 Å². The average Bonchev–Trinajstić information content (AvgIpc) is 2.60. The molecule has 2 N–H and O–H groups in total. The Balaban J connectivity index is 1.88. The van der Waals surface area contributed by atoms with Gasteiger partial charge in [0.25, 0.3) is 0 Å². The summed E-state index contributed by atoms with van der Waals surface area (Å²) in [6.07, 6.45) is -4.34. The molecule has 0 heterocycles. The summed E-state index contributed by atoms with van der Waals surface area (Å²) in [7, 11) is -4.28. The fourth-order valence-corrected chi connectivity index (χ4v) is 3.21. The number of carbonyl (C=O) groups excluding carboxylic acids is 1. The average molecular weight is 404 g/mol. The monoisotopic (exact) mass is 404 g/mol. The topological polar surface area (TPSA) is 75.3 Å². The third-order valence-corrected chi connectivity index (χ3v) is 4.92. The fourth-order valence-electron chi connectivity index (χ4n) is 2.18. The molecule has 5 nitrogen and oxygen atoms in total. The molecule has 0 aliphatic carbocycles. The van der Waals surface area contributed by atoms with Gasteiger partial charge in [-0.3, -0.25) is 4.79 Å². The summed E-state index contributed by atoms with van der Waals surface area (Å²) in [4.78, 5) is 11.1. The number of alkyl halides is 3. The second kappa shape index (κ2) is 8.49. The minimum atomic E-state index is -4.68. The minimum absolute atomic E-state index is 0.146. The second-order valence-corrected chi connectivity index (χ2v) is 7.35. The molecule has 0 aliphatic rings. The number of hydrogen-bond acceptors (Lipinski definition) is 3. The van der Waals surface area contributed by atoms with Crippen LogP contribution in [0.2, 0.25) is 0 Å². The molecular weight excluding hydrogens is 388 g/mol. The molecule has 146 valence electrons. The lowest BCUT2D eigenvalue weighted by Crippen LogP contribution is -2.37. The SMILES string of the molecule is O=C(CNS(=O)(=O)c1cccc(C(F)(F)F)c1)NCCc1cccc(F)c1. The van der Waals surface area contributed by atoms with Crippen LogP contribution >= 0.6 is 0 Å². The molecule has 0 spiro atoms. The highest BCUT2D eigenvalue weighted by Gasteiger charge is 2.31. The van der Waals surface area contributed by atoms with E-state index < -0.39 is 44.9 Å². The standard InChI is InChI=1S/C17H16F4N2O3S/c18-14-5-1-3-12(9-14)7-8-22-16(24)11-23-27(25,26)15-6-2-4-13(10-15)17(19,20)21/h1-6,9-10,23H,7-8,11H2,(H,22,24). The highest BCUT2D eigenvalue weighted by Crippen LogP contribution is 2.30. The van der Waals surface area contributed by atoms with Crippen molar-refractivity contribution in [1.82, 2.24) is 10.0 Å². The van der Waals surface area contributed by atoms with Gasteiger partial charge in [-0.1, -0.05) is 18.2 Å². The molecule has 27 heavy (non-hydrogen) atoms. The van der Waals surface area contributed by atoms with Crippen LogP contribution in [-0.2, 0) is 27.4 Å². The van der Waals surface area contributed by atoms with Gasteiger partial charge >= 0.3 is 6.18 Å². The normalized spacial score (nSPS) is 12.0. The van der Waals surface area contributed by atoms with Crippen molar-refractivity contribution in [2.24, 2.45) is 0 Å². The zero-order valence-electron chi connectivity index (χ0n) is 13.9. The first-order valence-corrected chi connectivity index (χ1v) is 9.24. The lowest BCUT2D eigenvalue weighted by atomic mass is 10.1. The molecule has 2 aromatic carbocycles. The Hall–Kier alpha value is -2.46. The molecule has 0 saturated carbocycles. The van der Waals surface area contributed by atoms with Crippen molar-refractivity contribution in [2.75, 3.05) is 13.1 Å². The number of sulfonamides is 1. The van der Waals surface area contributed by atoms with E-state index in [1.165, 1.54) is 18.2 Å². The molecule has 0 aromatic heterocycles. The van der Waals surface area contributed by atoms with E-state index in [9.17, 15) is 30.8 Å². The van der Waals surface area contributed by atoms with E-state index in [0.29, 0.717) is 18.1 Å². The number of nitrogens with one attached hydrogen (secondary N) is 2. The number of halogens is 4. The number of amides is 1. The summed E-state index contributed by atoms with van der Waals surface area (Å²) in [6.45, 7) is -0.491. The maximum atomic E-state index is 13.0. The van der Waals surface area contributed by atoms with Crippen LogP contribution in [0.1, 0.15) is 11.1 Å². The Morgan fingerprint density at radius 2 is 1.74 bits per heavy atom. The summed E-state index contributed by atoms with van der Waals surface area (Å²) in [5, 5.41) is 2.44. The van der Waals surface area contributed by atoms with Gasteiger partial charge in [-0.2, -0.15) is 13.2 Å². The lowest BCUT2D eigenvalue weighted by Gasteiger charge is -2.10. The molecule has 0 atom stereocenters. The molecule has 2 aromatic rings. The van der Waals surface area contributed by atoms with E-state index in [4.69, 9.17) is 0 Å². The summed E-state index contributed by atoms with van der Waals surface area (Å²) in [6, 6.07) is 8.99. The highest BCUT2D eigenvalue weighted by molar-refractivity contribution is 7.89. The minimum Gasteiger partial charge on any atom is -0.355 e. The van der Waals surface area contributed by atoms with Gasteiger partial charge in [0.15, 0.2) is 0 Å². The fraction of sp³-hybridized carbons (Fsp3) is 0.235. The van der Waals surface area contributed by atoms with E-state index in [0.717, 1.165) is 18.2 Å². The van der Waals surface area contributed by atoms with E-state index in [1.807, 2.05) is 4.72 Å². The first-order valence-electron chi connectivity index (χ1n) is 7.76. The summed E-state index contributed by atoms with van der Waals surface area (Å²) >= 11 is 0. The van der Waals surface area contributed by atoms with Gasteiger partial charge in [0.1, 0.15) is 5.82 Å².